The van der Waals surface area contributed by atoms with Gasteiger partial charge in [-0.25, -0.2) is 0 Å². The van der Waals surface area contributed by atoms with Crippen molar-refractivity contribution in [3.8, 4) is 6.07 Å². The monoisotopic (exact) mass is 194 g/mol. The summed E-state index contributed by atoms with van der Waals surface area (Å²) < 4.78 is 4.93. The van der Waals surface area contributed by atoms with Crippen molar-refractivity contribution in [1.29, 1.82) is 5.26 Å². The largest absolute Gasteiger partial charge is 0.339 e. The van der Waals surface area contributed by atoms with Crippen molar-refractivity contribution in [1.82, 2.24) is 15.5 Å². The Labute approximate surface area is 83.1 Å². The van der Waals surface area contributed by atoms with Crippen molar-refractivity contribution in [2.75, 3.05) is 6.54 Å². The SMILES string of the molecule is CCC(C#N)NCCc1nc(C)no1. The lowest BCUT2D eigenvalue weighted by Gasteiger charge is -2.06. The Hall–Kier alpha value is -1.41. The summed E-state index contributed by atoms with van der Waals surface area (Å²) in [5.74, 6) is 1.26. The molecule has 5 nitrogen and oxygen atoms in total. The van der Waals surface area contributed by atoms with Crippen LogP contribution in [0.1, 0.15) is 25.1 Å². The second-order valence-electron chi connectivity index (χ2n) is 3.03. The van der Waals surface area contributed by atoms with Gasteiger partial charge in [-0.2, -0.15) is 10.2 Å². The van der Waals surface area contributed by atoms with E-state index in [1.807, 2.05) is 6.92 Å². The molecule has 1 N–H and O–H groups in total. The third kappa shape index (κ3) is 3.15. The van der Waals surface area contributed by atoms with Gasteiger partial charge < -0.3 is 9.84 Å². The lowest BCUT2D eigenvalue weighted by Crippen LogP contribution is -2.28. The van der Waals surface area contributed by atoms with Gasteiger partial charge in [0.2, 0.25) is 5.89 Å². The minimum atomic E-state index is -0.0842. The average Bonchev–Trinajstić information content (AvgIpc) is 2.59. The van der Waals surface area contributed by atoms with Crippen molar-refractivity contribution in [2.24, 2.45) is 0 Å². The molecular weight excluding hydrogens is 180 g/mol. The summed E-state index contributed by atoms with van der Waals surface area (Å²) in [6.07, 6.45) is 1.47. The summed E-state index contributed by atoms with van der Waals surface area (Å²) in [5.41, 5.74) is 0. The summed E-state index contributed by atoms with van der Waals surface area (Å²) in [7, 11) is 0. The maximum atomic E-state index is 8.66. The minimum absolute atomic E-state index is 0.0842. The van der Waals surface area contributed by atoms with E-state index in [1.165, 1.54) is 0 Å². The molecule has 1 rings (SSSR count). The number of aryl methyl sites for hydroxylation is 1. The molecule has 1 unspecified atom stereocenters. The summed E-state index contributed by atoms with van der Waals surface area (Å²) in [4.78, 5) is 4.06. The standard InChI is InChI=1S/C9H14N4O/c1-3-8(6-10)11-5-4-9-12-7(2)13-14-9/h8,11H,3-5H2,1-2H3. The molecule has 0 aliphatic heterocycles. The van der Waals surface area contributed by atoms with Crippen LogP contribution >= 0.6 is 0 Å². The highest BCUT2D eigenvalue weighted by Crippen LogP contribution is 1.96. The number of hydrogen-bond donors (Lipinski definition) is 1. The fourth-order valence-corrected chi connectivity index (χ4v) is 1.08. The molecule has 0 saturated carbocycles. The number of nitrogens with one attached hydrogen (secondary N) is 1. The van der Waals surface area contributed by atoms with Gasteiger partial charge in [0.1, 0.15) is 0 Å². The van der Waals surface area contributed by atoms with Gasteiger partial charge in [0, 0.05) is 13.0 Å². The van der Waals surface area contributed by atoms with Crippen LogP contribution in [0.3, 0.4) is 0 Å². The first-order valence-corrected chi connectivity index (χ1v) is 4.68. The van der Waals surface area contributed by atoms with Crippen LogP contribution in [0.5, 0.6) is 0 Å². The fraction of sp³-hybridized carbons (Fsp3) is 0.667. The molecule has 0 aliphatic rings. The van der Waals surface area contributed by atoms with E-state index in [-0.39, 0.29) is 6.04 Å². The Bertz CT molecular complexity index is 315. The molecule has 0 aromatic carbocycles. The Morgan fingerprint density at radius 1 is 1.64 bits per heavy atom. The topological polar surface area (TPSA) is 74.7 Å². The second-order valence-corrected chi connectivity index (χ2v) is 3.03. The first-order valence-electron chi connectivity index (χ1n) is 4.68. The third-order valence-corrected chi connectivity index (χ3v) is 1.86. The predicted octanol–water partition coefficient (Wildman–Crippen LogP) is 0.812. The minimum Gasteiger partial charge on any atom is -0.339 e. The first kappa shape index (κ1) is 10.7. The molecule has 0 saturated heterocycles. The summed E-state index contributed by atoms with van der Waals surface area (Å²) in [5, 5.41) is 15.4. The molecular formula is C9H14N4O. The molecule has 0 spiro atoms. The Morgan fingerprint density at radius 2 is 2.43 bits per heavy atom. The second kappa shape index (κ2) is 5.35. The van der Waals surface area contributed by atoms with Crippen LogP contribution in [0.25, 0.3) is 0 Å². The number of aromatic nitrogens is 2. The average molecular weight is 194 g/mol. The van der Waals surface area contributed by atoms with E-state index >= 15 is 0 Å². The normalized spacial score (nSPS) is 12.4. The van der Waals surface area contributed by atoms with Crippen LogP contribution in [-0.4, -0.2) is 22.7 Å². The lowest BCUT2D eigenvalue weighted by atomic mass is 10.2. The maximum absolute atomic E-state index is 8.66. The zero-order valence-electron chi connectivity index (χ0n) is 8.45. The van der Waals surface area contributed by atoms with Crippen molar-refractivity contribution in [3.63, 3.8) is 0 Å². The molecule has 0 bridgehead atoms. The molecule has 0 aliphatic carbocycles. The van der Waals surface area contributed by atoms with Gasteiger partial charge in [-0.1, -0.05) is 12.1 Å². The predicted molar refractivity (Wildman–Crippen MR) is 50.4 cm³/mol. The molecule has 5 heteroatoms. The van der Waals surface area contributed by atoms with Crippen molar-refractivity contribution in [3.05, 3.63) is 11.7 Å². The van der Waals surface area contributed by atoms with Gasteiger partial charge in [-0.15, -0.1) is 0 Å². The molecule has 1 aromatic rings. The number of hydrogen-bond acceptors (Lipinski definition) is 5. The van der Waals surface area contributed by atoms with Gasteiger partial charge in [-0.05, 0) is 13.3 Å². The van der Waals surface area contributed by atoms with E-state index in [2.05, 4.69) is 21.5 Å². The van der Waals surface area contributed by atoms with Crippen LogP contribution in [0.2, 0.25) is 0 Å². The van der Waals surface area contributed by atoms with E-state index in [1.54, 1.807) is 6.92 Å². The quantitative estimate of drug-likeness (QED) is 0.750. The molecule has 1 atom stereocenters. The molecule has 0 fully saturated rings. The Morgan fingerprint density at radius 3 is 2.93 bits per heavy atom. The van der Waals surface area contributed by atoms with Crippen molar-refractivity contribution >= 4 is 0 Å². The number of nitrogens with zero attached hydrogens (tertiary/aromatic N) is 3. The van der Waals surface area contributed by atoms with E-state index in [0.717, 1.165) is 6.42 Å². The van der Waals surface area contributed by atoms with E-state index in [0.29, 0.717) is 24.7 Å². The van der Waals surface area contributed by atoms with Crippen molar-refractivity contribution in [2.45, 2.75) is 32.7 Å². The fourth-order valence-electron chi connectivity index (χ4n) is 1.08. The molecule has 1 aromatic heterocycles. The summed E-state index contributed by atoms with van der Waals surface area (Å²) >= 11 is 0. The highest BCUT2D eigenvalue weighted by atomic mass is 16.5. The van der Waals surface area contributed by atoms with Gasteiger partial charge in [0.15, 0.2) is 5.82 Å². The third-order valence-electron chi connectivity index (χ3n) is 1.86. The maximum Gasteiger partial charge on any atom is 0.227 e. The van der Waals surface area contributed by atoms with E-state index < -0.39 is 0 Å². The smallest absolute Gasteiger partial charge is 0.227 e. The number of nitriles is 1. The zero-order valence-corrected chi connectivity index (χ0v) is 8.45. The van der Waals surface area contributed by atoms with Crippen LogP contribution in [0.15, 0.2) is 4.52 Å². The number of rotatable bonds is 5. The Balaban J connectivity index is 2.25. The molecule has 0 radical (unpaired) electrons. The lowest BCUT2D eigenvalue weighted by molar-refractivity contribution is 0.371. The van der Waals surface area contributed by atoms with Gasteiger partial charge in [0.05, 0.1) is 12.1 Å². The van der Waals surface area contributed by atoms with E-state index in [9.17, 15) is 0 Å². The van der Waals surface area contributed by atoms with Gasteiger partial charge in [0.25, 0.3) is 0 Å². The van der Waals surface area contributed by atoms with Crippen LogP contribution in [0.4, 0.5) is 0 Å². The van der Waals surface area contributed by atoms with Gasteiger partial charge in [-0.3, -0.25) is 0 Å². The van der Waals surface area contributed by atoms with Crippen molar-refractivity contribution < 1.29 is 4.52 Å². The Kier molecular flexibility index (Phi) is 4.08. The van der Waals surface area contributed by atoms with Crippen LogP contribution in [-0.2, 0) is 6.42 Å². The van der Waals surface area contributed by atoms with Crippen LogP contribution < -0.4 is 5.32 Å². The molecule has 1 heterocycles. The molecule has 0 amide bonds. The molecule has 14 heavy (non-hydrogen) atoms. The van der Waals surface area contributed by atoms with E-state index in [4.69, 9.17) is 9.78 Å². The summed E-state index contributed by atoms with van der Waals surface area (Å²) in [6.45, 7) is 4.44. The van der Waals surface area contributed by atoms with Crippen LogP contribution in [0, 0.1) is 18.3 Å². The highest BCUT2D eigenvalue weighted by Gasteiger charge is 2.05. The molecule has 76 valence electrons. The van der Waals surface area contributed by atoms with Gasteiger partial charge >= 0.3 is 0 Å². The first-order chi connectivity index (χ1) is 6.76. The zero-order chi connectivity index (χ0) is 10.4. The summed E-state index contributed by atoms with van der Waals surface area (Å²) in [6, 6.07) is 2.08. The highest BCUT2D eigenvalue weighted by molar-refractivity contribution is 4.90.